The highest BCUT2D eigenvalue weighted by atomic mass is 14.7. The molecule has 0 heterocycles. The molecule has 0 fully saturated rings. The summed E-state index contributed by atoms with van der Waals surface area (Å²) in [5, 5.41) is 13.8. The van der Waals surface area contributed by atoms with Crippen LogP contribution in [0.5, 0.6) is 0 Å². The van der Waals surface area contributed by atoms with Crippen molar-refractivity contribution in [2.24, 2.45) is 4.99 Å². The molecule has 0 bridgehead atoms. The third-order valence-electron chi connectivity index (χ3n) is 12.1. The molecule has 280 valence electrons. The van der Waals surface area contributed by atoms with Crippen LogP contribution in [0.4, 0.5) is 0 Å². The number of fused-ring (bicyclic) bond motifs is 6. The lowest BCUT2D eigenvalue weighted by Crippen LogP contribution is -2.14. The first kappa shape index (κ1) is 36.0. The summed E-state index contributed by atoms with van der Waals surface area (Å²) in [5.74, 6) is 0. The standard InChI is InChI=1S/C57H42N2/c1-57(2)51-23-13-22-49(55(51)56-48-20-10-9-16-40(48)33-35-52(56)57)42-28-26-41(27-29-42)47-34-32-45(46-19-11-12-21-50(46)47)37-59-54(36-53(58)43-17-7-4-8-18-43)44-30-24-39(25-31-44)38-14-5-3-6-15-38/h3-37,58H,1-2H3/b54-36-,58-53?,59-37?. The number of nitrogens with zero attached hydrogens (tertiary/aromatic N) is 1. The fraction of sp³-hybridized carbons (Fsp3) is 0.0526. The average Bonchev–Trinajstić information content (AvgIpc) is 3.54. The Morgan fingerprint density at radius 3 is 1.78 bits per heavy atom. The molecule has 0 saturated carbocycles. The lowest BCUT2D eigenvalue weighted by atomic mass is 9.81. The lowest BCUT2D eigenvalue weighted by Gasteiger charge is -2.21. The Balaban J connectivity index is 1.01. The molecule has 0 unspecified atom stereocenters. The molecule has 2 nitrogen and oxygen atoms in total. The number of nitrogens with one attached hydrogen (secondary N) is 1. The van der Waals surface area contributed by atoms with E-state index in [2.05, 4.69) is 178 Å². The van der Waals surface area contributed by atoms with Crippen molar-refractivity contribution >= 4 is 39.2 Å². The van der Waals surface area contributed by atoms with Crippen LogP contribution in [0.2, 0.25) is 0 Å². The Kier molecular flexibility index (Phi) is 9.03. The molecule has 10 rings (SSSR count). The summed E-state index contributed by atoms with van der Waals surface area (Å²) >= 11 is 0. The van der Waals surface area contributed by atoms with Gasteiger partial charge in [-0.05, 0) is 88.8 Å². The van der Waals surface area contributed by atoms with E-state index < -0.39 is 0 Å². The maximum atomic E-state index is 8.96. The second kappa shape index (κ2) is 14.8. The number of hydrogen-bond donors (Lipinski definition) is 1. The van der Waals surface area contributed by atoms with E-state index in [-0.39, 0.29) is 5.41 Å². The molecule has 59 heavy (non-hydrogen) atoms. The predicted octanol–water partition coefficient (Wildman–Crippen LogP) is 14.8. The average molecular weight is 755 g/mol. The molecule has 1 aliphatic carbocycles. The summed E-state index contributed by atoms with van der Waals surface area (Å²) in [4.78, 5) is 5.10. The Bertz CT molecular complexity index is 3100. The molecular weight excluding hydrogens is 713 g/mol. The van der Waals surface area contributed by atoms with E-state index >= 15 is 0 Å². The molecule has 2 heteroatoms. The van der Waals surface area contributed by atoms with Crippen molar-refractivity contribution in [1.29, 1.82) is 5.41 Å². The first-order valence-electron chi connectivity index (χ1n) is 20.3. The van der Waals surface area contributed by atoms with E-state index in [4.69, 9.17) is 10.4 Å². The Morgan fingerprint density at radius 2 is 1.03 bits per heavy atom. The summed E-state index contributed by atoms with van der Waals surface area (Å²) in [7, 11) is 0. The molecule has 0 atom stereocenters. The van der Waals surface area contributed by atoms with Gasteiger partial charge in [0, 0.05) is 22.8 Å². The fourth-order valence-electron chi connectivity index (χ4n) is 8.94. The third kappa shape index (κ3) is 6.49. The zero-order valence-electron chi connectivity index (χ0n) is 33.2. The minimum Gasteiger partial charge on any atom is -0.300 e. The van der Waals surface area contributed by atoms with Crippen LogP contribution < -0.4 is 0 Å². The first-order valence-corrected chi connectivity index (χ1v) is 20.3. The number of rotatable bonds is 8. The van der Waals surface area contributed by atoms with Crippen molar-refractivity contribution in [3.63, 3.8) is 0 Å². The number of hydrogen-bond acceptors (Lipinski definition) is 2. The molecule has 1 aliphatic rings. The van der Waals surface area contributed by atoms with Gasteiger partial charge in [0.05, 0.1) is 11.4 Å². The van der Waals surface area contributed by atoms with Crippen LogP contribution in [0.15, 0.2) is 211 Å². The number of aliphatic imine (C=N–C) groups is 1. The van der Waals surface area contributed by atoms with Gasteiger partial charge in [0.2, 0.25) is 0 Å². The molecule has 0 amide bonds. The second-order valence-corrected chi connectivity index (χ2v) is 15.9. The summed E-state index contributed by atoms with van der Waals surface area (Å²) in [6, 6.07) is 70.9. The van der Waals surface area contributed by atoms with E-state index in [1.165, 1.54) is 66.2 Å². The second-order valence-electron chi connectivity index (χ2n) is 15.9. The van der Waals surface area contributed by atoms with Gasteiger partial charge in [-0.1, -0.05) is 214 Å². The van der Waals surface area contributed by atoms with Gasteiger partial charge in [-0.2, -0.15) is 0 Å². The van der Waals surface area contributed by atoms with E-state index in [9.17, 15) is 0 Å². The zero-order valence-corrected chi connectivity index (χ0v) is 33.2. The van der Waals surface area contributed by atoms with Crippen LogP contribution in [0.25, 0.3) is 71.7 Å². The van der Waals surface area contributed by atoms with Gasteiger partial charge in [0.15, 0.2) is 0 Å². The number of allylic oxidation sites excluding steroid dienone is 1. The van der Waals surface area contributed by atoms with Crippen LogP contribution in [0.1, 0.15) is 41.7 Å². The van der Waals surface area contributed by atoms with E-state index in [1.807, 2.05) is 48.7 Å². The molecule has 0 aliphatic heterocycles. The van der Waals surface area contributed by atoms with E-state index in [1.54, 1.807) is 0 Å². The van der Waals surface area contributed by atoms with Crippen molar-refractivity contribution in [2.45, 2.75) is 19.3 Å². The summed E-state index contributed by atoms with van der Waals surface area (Å²) < 4.78 is 0. The molecular formula is C57H42N2. The number of benzene rings is 9. The highest BCUT2D eigenvalue weighted by molar-refractivity contribution is 6.12. The van der Waals surface area contributed by atoms with Crippen molar-refractivity contribution in [3.05, 3.63) is 234 Å². The Labute approximate surface area is 346 Å². The maximum Gasteiger partial charge on any atom is 0.0723 e. The largest absolute Gasteiger partial charge is 0.300 e. The summed E-state index contributed by atoms with van der Waals surface area (Å²) in [6.07, 6.45) is 3.81. The minimum atomic E-state index is -0.0815. The molecule has 0 spiro atoms. The van der Waals surface area contributed by atoms with Crippen molar-refractivity contribution in [3.8, 4) is 44.5 Å². The van der Waals surface area contributed by atoms with Gasteiger partial charge in [0.25, 0.3) is 0 Å². The minimum absolute atomic E-state index is 0.0815. The molecule has 9 aromatic rings. The van der Waals surface area contributed by atoms with Gasteiger partial charge in [-0.15, -0.1) is 0 Å². The third-order valence-corrected chi connectivity index (χ3v) is 12.1. The summed E-state index contributed by atoms with van der Waals surface area (Å²) in [5.41, 5.74) is 16.5. The van der Waals surface area contributed by atoms with Crippen LogP contribution in [-0.4, -0.2) is 11.9 Å². The Morgan fingerprint density at radius 1 is 0.441 bits per heavy atom. The zero-order chi connectivity index (χ0) is 39.9. The summed E-state index contributed by atoms with van der Waals surface area (Å²) in [6.45, 7) is 4.71. The van der Waals surface area contributed by atoms with Gasteiger partial charge >= 0.3 is 0 Å². The van der Waals surface area contributed by atoms with Crippen molar-refractivity contribution < 1.29 is 0 Å². The lowest BCUT2D eigenvalue weighted by molar-refractivity contribution is 0.661. The van der Waals surface area contributed by atoms with Crippen molar-refractivity contribution in [1.82, 2.24) is 0 Å². The monoisotopic (exact) mass is 754 g/mol. The van der Waals surface area contributed by atoms with E-state index in [0.29, 0.717) is 5.71 Å². The highest BCUT2D eigenvalue weighted by Crippen LogP contribution is 2.54. The van der Waals surface area contributed by atoms with Gasteiger partial charge in [0.1, 0.15) is 0 Å². The fourth-order valence-corrected chi connectivity index (χ4v) is 8.94. The van der Waals surface area contributed by atoms with Crippen LogP contribution >= 0.6 is 0 Å². The molecule has 0 radical (unpaired) electrons. The Hall–Kier alpha value is -7.42. The SMILES string of the molecule is CC1(C)c2cccc(-c3ccc(-c4ccc(C=N/C(=C\C(=N)c5ccccc5)c5ccc(-c6ccccc6)cc5)c5ccccc45)cc3)c2-c2c1ccc1ccccc21. The van der Waals surface area contributed by atoms with Crippen LogP contribution in [0.3, 0.4) is 0 Å². The van der Waals surface area contributed by atoms with Gasteiger partial charge < -0.3 is 5.41 Å². The van der Waals surface area contributed by atoms with Crippen LogP contribution in [0, 0.1) is 5.41 Å². The first-order chi connectivity index (χ1) is 28.9. The van der Waals surface area contributed by atoms with E-state index in [0.717, 1.165) is 33.3 Å². The molecule has 0 saturated heterocycles. The normalized spacial score (nSPS) is 13.2. The van der Waals surface area contributed by atoms with Gasteiger partial charge in [-0.25, -0.2) is 0 Å². The van der Waals surface area contributed by atoms with Gasteiger partial charge in [-0.3, -0.25) is 4.99 Å². The molecule has 9 aromatic carbocycles. The topological polar surface area (TPSA) is 36.2 Å². The van der Waals surface area contributed by atoms with Crippen molar-refractivity contribution in [2.75, 3.05) is 0 Å². The predicted molar refractivity (Wildman–Crippen MR) is 251 cm³/mol. The maximum absolute atomic E-state index is 8.96. The molecule has 1 N–H and O–H groups in total. The molecule has 0 aromatic heterocycles. The smallest absolute Gasteiger partial charge is 0.0723 e. The highest BCUT2D eigenvalue weighted by Gasteiger charge is 2.37. The quantitative estimate of drug-likeness (QED) is 0.150. The van der Waals surface area contributed by atoms with Crippen LogP contribution in [-0.2, 0) is 5.41 Å².